The minimum atomic E-state index is -0.326. The number of nitrogens with one attached hydrogen (secondary N) is 2. The Morgan fingerprint density at radius 2 is 1.83 bits per heavy atom. The van der Waals surface area contributed by atoms with Gasteiger partial charge in [-0.3, -0.25) is 4.79 Å². The third kappa shape index (κ3) is 4.07. The second-order valence-corrected chi connectivity index (χ2v) is 9.12. The highest BCUT2D eigenvalue weighted by Crippen LogP contribution is 2.35. The summed E-state index contributed by atoms with van der Waals surface area (Å²) < 4.78 is 14.0. The fraction of sp³-hybridized carbons (Fsp3) is 0.217. The Kier molecular flexibility index (Phi) is 4.96. The highest BCUT2D eigenvalue weighted by atomic mass is 32.1. The molecule has 4 nitrogen and oxygen atoms in total. The van der Waals surface area contributed by atoms with E-state index in [1.165, 1.54) is 17.4 Å². The summed E-state index contributed by atoms with van der Waals surface area (Å²) in [5.74, 6) is -0.326. The van der Waals surface area contributed by atoms with Crippen molar-refractivity contribution in [1.29, 1.82) is 0 Å². The van der Waals surface area contributed by atoms with Crippen molar-refractivity contribution in [2.45, 2.75) is 32.6 Å². The lowest BCUT2D eigenvalue weighted by molar-refractivity contribution is 0.568. The van der Waals surface area contributed by atoms with E-state index in [2.05, 4.69) is 31.1 Å². The molecule has 0 unspecified atom stereocenters. The zero-order chi connectivity index (χ0) is 20.6. The van der Waals surface area contributed by atoms with Crippen LogP contribution < -0.4 is 10.9 Å². The first kappa shape index (κ1) is 19.3. The molecule has 148 valence electrons. The van der Waals surface area contributed by atoms with Crippen LogP contribution in [0.4, 0.5) is 15.2 Å². The largest absolute Gasteiger partial charge is 0.329 e. The van der Waals surface area contributed by atoms with Crippen molar-refractivity contribution >= 4 is 33.1 Å². The minimum absolute atomic E-state index is 0.0967. The topological polar surface area (TPSA) is 57.8 Å². The normalized spacial score (nSPS) is 11.7. The van der Waals surface area contributed by atoms with Crippen LogP contribution in [0.2, 0.25) is 0 Å². The van der Waals surface area contributed by atoms with Crippen molar-refractivity contribution in [3.63, 3.8) is 0 Å². The van der Waals surface area contributed by atoms with Crippen LogP contribution in [-0.2, 0) is 11.8 Å². The molecule has 0 aliphatic carbocycles. The van der Waals surface area contributed by atoms with Crippen molar-refractivity contribution in [2.24, 2.45) is 0 Å². The number of benzene rings is 2. The third-order valence-corrected chi connectivity index (χ3v) is 5.68. The van der Waals surface area contributed by atoms with Crippen molar-refractivity contribution in [3.05, 3.63) is 86.9 Å². The molecule has 0 aliphatic heterocycles. The molecule has 0 radical (unpaired) electrons. The lowest BCUT2D eigenvalue weighted by Gasteiger charge is -2.17. The van der Waals surface area contributed by atoms with E-state index >= 15 is 0 Å². The molecular weight excluding hydrogens is 385 g/mol. The smallest absolute Gasteiger partial charge is 0.251 e. The highest BCUT2D eigenvalue weighted by Gasteiger charge is 2.24. The van der Waals surface area contributed by atoms with E-state index in [0.717, 1.165) is 21.5 Å². The van der Waals surface area contributed by atoms with Gasteiger partial charge in [-0.05, 0) is 29.7 Å². The van der Waals surface area contributed by atoms with Crippen molar-refractivity contribution in [2.75, 3.05) is 5.32 Å². The van der Waals surface area contributed by atoms with E-state index in [-0.39, 0.29) is 16.8 Å². The van der Waals surface area contributed by atoms with Gasteiger partial charge >= 0.3 is 0 Å². The molecule has 0 bridgehead atoms. The van der Waals surface area contributed by atoms with E-state index in [1.54, 1.807) is 18.2 Å². The lowest BCUT2D eigenvalue weighted by atomic mass is 9.90. The molecule has 29 heavy (non-hydrogen) atoms. The van der Waals surface area contributed by atoms with Crippen LogP contribution in [0, 0.1) is 5.82 Å². The molecule has 0 saturated heterocycles. The minimum Gasteiger partial charge on any atom is -0.329 e. The number of nitrogens with zero attached hydrogens (tertiary/aromatic N) is 1. The highest BCUT2D eigenvalue weighted by molar-refractivity contribution is 7.15. The van der Waals surface area contributed by atoms with Crippen molar-refractivity contribution in [3.8, 4) is 0 Å². The van der Waals surface area contributed by atoms with Crippen LogP contribution in [0.1, 0.15) is 36.9 Å². The molecule has 2 N–H and O–H groups in total. The Hall–Kier alpha value is -2.99. The summed E-state index contributed by atoms with van der Waals surface area (Å²) in [6.45, 7) is 6.26. The SMILES string of the molecule is CC(C)(C)c1nc(Nc2ccccc2F)sc1Cc1cc2ccccc2[nH]c1=O. The molecule has 2 aromatic heterocycles. The summed E-state index contributed by atoms with van der Waals surface area (Å²) >= 11 is 1.46. The first-order chi connectivity index (χ1) is 13.8. The summed E-state index contributed by atoms with van der Waals surface area (Å²) in [6, 6.07) is 16.2. The molecule has 6 heteroatoms. The van der Waals surface area contributed by atoms with Gasteiger partial charge < -0.3 is 10.3 Å². The number of thiazole rings is 1. The summed E-state index contributed by atoms with van der Waals surface area (Å²) in [6.07, 6.45) is 0.476. The zero-order valence-corrected chi connectivity index (χ0v) is 17.4. The van der Waals surface area contributed by atoms with Gasteiger partial charge in [-0.2, -0.15) is 0 Å². The molecule has 0 spiro atoms. The maximum absolute atomic E-state index is 14.0. The maximum atomic E-state index is 14.0. The Labute approximate surface area is 172 Å². The van der Waals surface area contributed by atoms with E-state index in [9.17, 15) is 9.18 Å². The average Bonchev–Trinajstić information content (AvgIpc) is 3.07. The standard InChI is InChI=1S/C23H22FN3OS/c1-23(2,3)20-19(29-22(27-20)26-18-11-7-5-9-16(18)24)13-15-12-14-8-4-6-10-17(14)25-21(15)28/h4-12H,13H2,1-3H3,(H,25,28)(H,26,27). The Bertz CT molecular complexity index is 1240. The molecule has 0 saturated carbocycles. The summed E-state index contributed by atoms with van der Waals surface area (Å²) in [4.78, 5) is 21.3. The number of halogens is 1. The number of hydrogen-bond donors (Lipinski definition) is 2. The fourth-order valence-corrected chi connectivity index (χ4v) is 4.49. The summed E-state index contributed by atoms with van der Waals surface area (Å²) in [5, 5.41) is 4.69. The maximum Gasteiger partial charge on any atom is 0.251 e. The molecule has 0 aliphatic rings. The Morgan fingerprint density at radius 1 is 1.10 bits per heavy atom. The quantitative estimate of drug-likeness (QED) is 0.452. The number of anilines is 2. The van der Waals surface area contributed by atoms with Crippen LogP contribution in [0.5, 0.6) is 0 Å². The molecular formula is C23H22FN3OS. The number of aromatic amines is 1. The zero-order valence-electron chi connectivity index (χ0n) is 16.5. The molecule has 0 fully saturated rings. The number of rotatable bonds is 4. The number of aromatic nitrogens is 2. The number of para-hydroxylation sites is 2. The van der Waals surface area contributed by atoms with E-state index in [0.29, 0.717) is 22.8 Å². The molecule has 0 atom stereocenters. The van der Waals surface area contributed by atoms with Gasteiger partial charge in [0.15, 0.2) is 5.13 Å². The van der Waals surface area contributed by atoms with Gasteiger partial charge in [0.1, 0.15) is 5.82 Å². The van der Waals surface area contributed by atoms with Crippen LogP contribution in [0.15, 0.2) is 59.4 Å². The predicted molar refractivity (Wildman–Crippen MR) is 118 cm³/mol. The number of fused-ring (bicyclic) bond motifs is 1. The lowest BCUT2D eigenvalue weighted by Crippen LogP contribution is -2.17. The van der Waals surface area contributed by atoms with Gasteiger partial charge in [0.2, 0.25) is 0 Å². The molecule has 0 amide bonds. The molecule has 2 heterocycles. The van der Waals surface area contributed by atoms with Gasteiger partial charge in [0.25, 0.3) is 5.56 Å². The predicted octanol–water partition coefficient (Wildman–Crippen LogP) is 5.76. The van der Waals surface area contributed by atoms with Gasteiger partial charge in [-0.15, -0.1) is 11.3 Å². The van der Waals surface area contributed by atoms with Gasteiger partial charge in [-0.1, -0.05) is 51.1 Å². The average molecular weight is 408 g/mol. The number of H-pyrrole nitrogens is 1. The van der Waals surface area contributed by atoms with E-state index in [1.807, 2.05) is 30.3 Å². The van der Waals surface area contributed by atoms with Gasteiger partial charge in [0, 0.05) is 27.8 Å². The summed E-state index contributed by atoms with van der Waals surface area (Å²) in [7, 11) is 0. The monoisotopic (exact) mass is 407 g/mol. The number of pyridine rings is 1. The van der Waals surface area contributed by atoms with Crippen LogP contribution in [-0.4, -0.2) is 9.97 Å². The van der Waals surface area contributed by atoms with Crippen LogP contribution >= 0.6 is 11.3 Å². The van der Waals surface area contributed by atoms with Gasteiger partial charge in [0.05, 0.1) is 11.4 Å². The molecule has 2 aromatic carbocycles. The van der Waals surface area contributed by atoms with Crippen molar-refractivity contribution in [1.82, 2.24) is 9.97 Å². The van der Waals surface area contributed by atoms with Crippen molar-refractivity contribution < 1.29 is 4.39 Å². The second-order valence-electron chi connectivity index (χ2n) is 8.03. The number of hydrogen-bond acceptors (Lipinski definition) is 4. The molecule has 4 aromatic rings. The van der Waals surface area contributed by atoms with E-state index < -0.39 is 0 Å². The first-order valence-electron chi connectivity index (χ1n) is 9.44. The second kappa shape index (κ2) is 7.44. The Balaban J connectivity index is 1.73. The third-order valence-electron chi connectivity index (χ3n) is 4.70. The fourth-order valence-electron chi connectivity index (χ4n) is 3.29. The van der Waals surface area contributed by atoms with Crippen LogP contribution in [0.25, 0.3) is 10.9 Å². The Morgan fingerprint density at radius 3 is 2.59 bits per heavy atom. The van der Waals surface area contributed by atoms with Crippen LogP contribution in [0.3, 0.4) is 0 Å². The van der Waals surface area contributed by atoms with E-state index in [4.69, 9.17) is 4.98 Å². The summed E-state index contributed by atoms with van der Waals surface area (Å²) in [5.41, 5.74) is 2.51. The molecule has 4 rings (SSSR count). The van der Waals surface area contributed by atoms with Gasteiger partial charge in [-0.25, -0.2) is 9.37 Å². The first-order valence-corrected chi connectivity index (χ1v) is 10.3.